The fourth-order valence-electron chi connectivity index (χ4n) is 2.34. The second-order valence-electron chi connectivity index (χ2n) is 5.76. The van der Waals surface area contributed by atoms with E-state index in [-0.39, 0.29) is 18.1 Å². The third-order valence-electron chi connectivity index (χ3n) is 3.66. The third-order valence-corrected chi connectivity index (χ3v) is 3.66. The largest absolute Gasteiger partial charge is 0.365 e. The van der Waals surface area contributed by atoms with E-state index in [9.17, 15) is 17.6 Å². The zero-order valence-electron chi connectivity index (χ0n) is 14.3. The lowest BCUT2D eigenvalue weighted by atomic mass is 10.2. The molecule has 142 valence electrons. The number of hydrogen-bond donors (Lipinski definition) is 2. The van der Waals surface area contributed by atoms with Crippen molar-refractivity contribution in [2.75, 3.05) is 10.6 Å². The maximum atomic E-state index is 13.7. The molecule has 0 aliphatic rings. The van der Waals surface area contributed by atoms with Crippen LogP contribution in [0.4, 0.5) is 35.0 Å². The first-order valence-electron chi connectivity index (χ1n) is 8.00. The predicted molar refractivity (Wildman–Crippen MR) is 92.0 cm³/mol. The number of rotatable bonds is 7. The minimum absolute atomic E-state index is 0.0349. The summed E-state index contributed by atoms with van der Waals surface area (Å²) >= 11 is 0. The van der Waals surface area contributed by atoms with Gasteiger partial charge in [-0.2, -0.15) is 10.1 Å². The van der Waals surface area contributed by atoms with E-state index < -0.39 is 24.6 Å². The second-order valence-corrected chi connectivity index (χ2v) is 5.76. The summed E-state index contributed by atoms with van der Waals surface area (Å²) in [5.41, 5.74) is 1.31. The number of anilines is 3. The fraction of sp³-hybridized carbons (Fsp3) is 0.235. The molecule has 3 rings (SSSR count). The molecule has 0 saturated carbocycles. The van der Waals surface area contributed by atoms with Gasteiger partial charge in [0.2, 0.25) is 5.95 Å². The van der Waals surface area contributed by atoms with Crippen molar-refractivity contribution in [3.8, 4) is 0 Å². The lowest BCUT2D eigenvalue weighted by Gasteiger charge is -2.11. The molecule has 6 nitrogen and oxygen atoms in total. The van der Waals surface area contributed by atoms with Gasteiger partial charge in [-0.3, -0.25) is 4.68 Å². The molecule has 0 radical (unpaired) electrons. The lowest BCUT2D eigenvalue weighted by molar-refractivity contribution is 0.122. The molecule has 27 heavy (non-hydrogen) atoms. The van der Waals surface area contributed by atoms with Gasteiger partial charge in [0.15, 0.2) is 11.6 Å². The Morgan fingerprint density at radius 3 is 2.78 bits per heavy atom. The maximum absolute atomic E-state index is 13.7. The zero-order chi connectivity index (χ0) is 19.4. The summed E-state index contributed by atoms with van der Waals surface area (Å²) in [6.07, 6.45) is 1.82. The van der Waals surface area contributed by atoms with Crippen molar-refractivity contribution in [1.82, 2.24) is 19.7 Å². The quantitative estimate of drug-likeness (QED) is 0.609. The van der Waals surface area contributed by atoms with Crippen LogP contribution in [0.5, 0.6) is 0 Å². The summed E-state index contributed by atoms with van der Waals surface area (Å²) in [4.78, 5) is 8.38. The Hall–Kier alpha value is -3.17. The highest BCUT2D eigenvalue weighted by molar-refractivity contribution is 5.54. The monoisotopic (exact) mass is 380 g/mol. The molecule has 0 spiro atoms. The average molecular weight is 380 g/mol. The van der Waals surface area contributed by atoms with Gasteiger partial charge in [-0.1, -0.05) is 12.1 Å². The molecule has 0 bridgehead atoms. The molecule has 10 heteroatoms. The number of nitrogens with one attached hydrogen (secondary N) is 2. The van der Waals surface area contributed by atoms with Crippen LogP contribution in [0, 0.1) is 18.6 Å². The van der Waals surface area contributed by atoms with Crippen LogP contribution in [0.25, 0.3) is 0 Å². The van der Waals surface area contributed by atoms with Crippen molar-refractivity contribution in [3.63, 3.8) is 0 Å². The first kappa shape index (κ1) is 18.6. The van der Waals surface area contributed by atoms with Gasteiger partial charge in [-0.15, -0.1) is 0 Å². The Labute approximate surface area is 152 Å². The summed E-state index contributed by atoms with van der Waals surface area (Å²) in [6.45, 7) is 1.28. The van der Waals surface area contributed by atoms with Crippen LogP contribution in [0.15, 0.2) is 36.8 Å². The molecule has 2 heterocycles. The van der Waals surface area contributed by atoms with Gasteiger partial charge in [-0.05, 0) is 13.0 Å². The van der Waals surface area contributed by atoms with Gasteiger partial charge in [-0.25, -0.2) is 22.5 Å². The number of alkyl halides is 2. The molecule has 0 aliphatic heterocycles. The average Bonchev–Trinajstić information content (AvgIpc) is 3.04. The number of nitrogens with zero attached hydrogens (tertiary/aromatic N) is 4. The highest BCUT2D eigenvalue weighted by Gasteiger charge is 2.10. The molecule has 2 aromatic heterocycles. The molecule has 0 fully saturated rings. The SMILES string of the molecule is Cc1cnc(Nc2cnn(CC(F)F)c2)nc1NCc1cccc(F)c1F. The van der Waals surface area contributed by atoms with E-state index in [1.807, 2.05) is 0 Å². The van der Waals surface area contributed by atoms with Gasteiger partial charge in [0.25, 0.3) is 6.43 Å². The van der Waals surface area contributed by atoms with Crippen molar-refractivity contribution in [2.45, 2.75) is 26.4 Å². The molecular weight excluding hydrogens is 364 g/mol. The highest BCUT2D eigenvalue weighted by Crippen LogP contribution is 2.19. The maximum Gasteiger partial charge on any atom is 0.257 e. The number of aryl methyl sites for hydroxylation is 1. The van der Waals surface area contributed by atoms with Crippen LogP contribution in [0.2, 0.25) is 0 Å². The Bertz CT molecular complexity index is 928. The van der Waals surface area contributed by atoms with Crippen LogP contribution < -0.4 is 10.6 Å². The van der Waals surface area contributed by atoms with Gasteiger partial charge < -0.3 is 10.6 Å². The summed E-state index contributed by atoms with van der Waals surface area (Å²) in [7, 11) is 0. The Morgan fingerprint density at radius 1 is 1.19 bits per heavy atom. The van der Waals surface area contributed by atoms with Crippen molar-refractivity contribution in [3.05, 3.63) is 59.6 Å². The van der Waals surface area contributed by atoms with Crippen molar-refractivity contribution >= 4 is 17.5 Å². The minimum Gasteiger partial charge on any atom is -0.365 e. The summed E-state index contributed by atoms with van der Waals surface area (Å²) in [6, 6.07) is 3.94. The Balaban J connectivity index is 1.70. The van der Waals surface area contributed by atoms with Gasteiger partial charge in [0, 0.05) is 30.1 Å². The standard InChI is InChI=1S/C17H16F4N6/c1-10-5-23-17(25-12-7-24-27(8-12)9-14(19)20)26-16(10)22-6-11-3-2-4-13(18)15(11)21/h2-5,7-8,14H,6,9H2,1H3,(H2,22,23,25,26). The number of hydrogen-bond acceptors (Lipinski definition) is 5. The molecule has 1 aromatic carbocycles. The van der Waals surface area contributed by atoms with Gasteiger partial charge >= 0.3 is 0 Å². The minimum atomic E-state index is -2.51. The Morgan fingerprint density at radius 2 is 2.00 bits per heavy atom. The molecule has 0 atom stereocenters. The summed E-state index contributed by atoms with van der Waals surface area (Å²) in [5.74, 6) is -1.20. The normalized spacial score (nSPS) is 11.0. The first-order chi connectivity index (χ1) is 12.9. The zero-order valence-corrected chi connectivity index (χ0v) is 14.3. The number of halogens is 4. The van der Waals surface area contributed by atoms with E-state index >= 15 is 0 Å². The lowest BCUT2D eigenvalue weighted by Crippen LogP contribution is -2.08. The second kappa shape index (κ2) is 8.02. The van der Waals surface area contributed by atoms with Gasteiger partial charge in [0.05, 0.1) is 11.9 Å². The van der Waals surface area contributed by atoms with E-state index in [0.29, 0.717) is 17.1 Å². The van der Waals surface area contributed by atoms with Crippen LogP contribution >= 0.6 is 0 Å². The highest BCUT2D eigenvalue weighted by atomic mass is 19.3. The number of aromatic nitrogens is 4. The van der Waals surface area contributed by atoms with Crippen LogP contribution in [0.3, 0.4) is 0 Å². The fourth-order valence-corrected chi connectivity index (χ4v) is 2.34. The van der Waals surface area contributed by atoms with Gasteiger partial charge in [0.1, 0.15) is 12.4 Å². The summed E-state index contributed by atoms with van der Waals surface area (Å²) in [5, 5.41) is 9.61. The molecule has 0 aliphatic carbocycles. The molecular formula is C17H16F4N6. The van der Waals surface area contributed by atoms with Crippen LogP contribution in [-0.2, 0) is 13.1 Å². The molecule has 3 aromatic rings. The van der Waals surface area contributed by atoms with Crippen molar-refractivity contribution < 1.29 is 17.6 Å². The summed E-state index contributed by atoms with van der Waals surface area (Å²) < 4.78 is 52.9. The smallest absolute Gasteiger partial charge is 0.257 e. The first-order valence-corrected chi connectivity index (χ1v) is 8.00. The van der Waals surface area contributed by atoms with E-state index in [0.717, 1.165) is 10.7 Å². The van der Waals surface area contributed by atoms with E-state index in [4.69, 9.17) is 0 Å². The Kier molecular flexibility index (Phi) is 5.53. The van der Waals surface area contributed by atoms with E-state index in [1.165, 1.54) is 24.5 Å². The van der Waals surface area contributed by atoms with E-state index in [1.54, 1.807) is 13.1 Å². The van der Waals surface area contributed by atoms with E-state index in [2.05, 4.69) is 25.7 Å². The third kappa shape index (κ3) is 4.72. The molecule has 0 unspecified atom stereocenters. The van der Waals surface area contributed by atoms with Crippen LogP contribution in [0.1, 0.15) is 11.1 Å². The van der Waals surface area contributed by atoms with Crippen LogP contribution in [-0.4, -0.2) is 26.2 Å². The molecule has 0 saturated heterocycles. The molecule has 0 amide bonds. The van der Waals surface area contributed by atoms with Crippen molar-refractivity contribution in [2.24, 2.45) is 0 Å². The topological polar surface area (TPSA) is 67.7 Å². The molecule has 2 N–H and O–H groups in total. The van der Waals surface area contributed by atoms with Crippen molar-refractivity contribution in [1.29, 1.82) is 0 Å². The predicted octanol–water partition coefficient (Wildman–Crippen LogP) is 3.88. The number of benzene rings is 1.